The Balaban J connectivity index is 1.51. The summed E-state index contributed by atoms with van der Waals surface area (Å²) in [5, 5.41) is 42.3. The molecular weight excluding hydrogens is 577 g/mol. The van der Waals surface area contributed by atoms with E-state index in [4.69, 9.17) is 9.47 Å². The molecule has 0 spiro atoms. The average Bonchev–Trinajstić information content (AvgIpc) is 3.57. The van der Waals surface area contributed by atoms with Crippen LogP contribution in [-0.4, -0.2) is 109 Å². The Kier molecular flexibility index (Phi) is 11.4. The van der Waals surface area contributed by atoms with Gasteiger partial charge in [0.1, 0.15) is 31.1 Å². The second kappa shape index (κ2) is 14.7. The Morgan fingerprint density at radius 1 is 1.13 bits per heavy atom. The highest BCUT2D eigenvalue weighted by molar-refractivity contribution is 6.14. The lowest BCUT2D eigenvalue weighted by Crippen LogP contribution is -2.61. The molecule has 45 heavy (non-hydrogen) atoms. The summed E-state index contributed by atoms with van der Waals surface area (Å²) >= 11 is 0. The largest absolute Gasteiger partial charge is 0.438 e. The summed E-state index contributed by atoms with van der Waals surface area (Å²) in [6, 6.07) is 3.01. The lowest BCUT2D eigenvalue weighted by atomic mass is 9.67. The molecule has 1 unspecified atom stereocenters. The van der Waals surface area contributed by atoms with E-state index in [0.717, 1.165) is 6.42 Å². The van der Waals surface area contributed by atoms with Crippen molar-refractivity contribution in [2.45, 2.75) is 122 Å². The number of ketones is 1. The maximum absolute atomic E-state index is 13.5. The molecule has 13 nitrogen and oxygen atoms in total. The summed E-state index contributed by atoms with van der Waals surface area (Å²) in [5.74, 6) is -1.19. The molecule has 9 atom stereocenters. The highest BCUT2D eigenvalue weighted by Gasteiger charge is 2.57. The lowest BCUT2D eigenvalue weighted by molar-refractivity contribution is -0.209. The van der Waals surface area contributed by atoms with E-state index in [1.54, 1.807) is 35.7 Å². The molecule has 2 aliphatic rings. The van der Waals surface area contributed by atoms with E-state index >= 15 is 0 Å². The third-order valence-corrected chi connectivity index (χ3v) is 9.72. The van der Waals surface area contributed by atoms with Gasteiger partial charge in [-0.05, 0) is 76.9 Å². The Morgan fingerprint density at radius 2 is 1.87 bits per heavy atom. The van der Waals surface area contributed by atoms with Crippen LogP contribution in [0.15, 0.2) is 24.5 Å². The Bertz CT molecular complexity index is 1280. The predicted molar refractivity (Wildman–Crippen MR) is 170 cm³/mol. The molecule has 0 saturated carbocycles. The lowest BCUT2D eigenvalue weighted by Gasteiger charge is -2.42. The second-order valence-corrected chi connectivity index (χ2v) is 13.5. The first kappa shape index (κ1) is 34.9. The van der Waals surface area contributed by atoms with E-state index in [0.29, 0.717) is 50.3 Å². The summed E-state index contributed by atoms with van der Waals surface area (Å²) in [6.07, 6.45) is 3.47. The van der Waals surface area contributed by atoms with E-state index in [9.17, 15) is 19.8 Å². The zero-order valence-electron chi connectivity index (χ0n) is 27.7. The number of carbonyl (C=O) groups excluding carboxylic acids is 2. The van der Waals surface area contributed by atoms with Gasteiger partial charge in [-0.1, -0.05) is 26.0 Å². The van der Waals surface area contributed by atoms with Crippen LogP contribution < -0.4 is 5.32 Å². The monoisotopic (exact) mass is 627 g/mol. The normalized spacial score (nSPS) is 35.4. The number of nitrogens with zero attached hydrogens (tertiary/aromatic N) is 6. The van der Waals surface area contributed by atoms with Crippen LogP contribution in [0.5, 0.6) is 0 Å². The molecule has 2 aromatic heterocycles. The van der Waals surface area contributed by atoms with Crippen molar-refractivity contribution in [1.82, 2.24) is 35.4 Å². The number of hydrogen-bond acceptors (Lipinski definition) is 11. The van der Waals surface area contributed by atoms with E-state index in [1.165, 1.54) is 0 Å². The first-order valence-corrected chi connectivity index (χ1v) is 16.3. The van der Waals surface area contributed by atoms with E-state index in [-0.39, 0.29) is 30.0 Å². The van der Waals surface area contributed by atoms with E-state index in [1.807, 2.05) is 40.9 Å². The van der Waals surface area contributed by atoms with Crippen molar-refractivity contribution in [1.29, 1.82) is 0 Å². The molecule has 4 heterocycles. The summed E-state index contributed by atoms with van der Waals surface area (Å²) < 4.78 is 14.0. The molecule has 0 aliphatic carbocycles. The topological polar surface area (TPSA) is 165 Å². The van der Waals surface area contributed by atoms with Crippen LogP contribution in [0.3, 0.4) is 0 Å². The fraction of sp³-hybridized carbons (Fsp3) is 0.742. The standard InChI is InChI=1S/C31H50BN7O6/c1-7-26-31(6)27(21(4)33-17-19(2)16-30(5,43)25(32)15-24(40)20(3)28(41)44-26)39(29(42)45-31)14-9-8-13-38-18-23(36-37-38)22-11-10-12-34-35-22/h10-12,18-21,25-28,33,41,43H,7-9,13-17,32H2,1-6H3/t19-,20-,21-,25-,26-,27-,28?,30+,31-/m1/s1. The first-order valence-electron chi connectivity index (χ1n) is 16.3. The minimum atomic E-state index is -1.38. The average molecular weight is 628 g/mol. The summed E-state index contributed by atoms with van der Waals surface area (Å²) in [5.41, 5.74) is -0.865. The van der Waals surface area contributed by atoms with E-state index < -0.39 is 41.6 Å². The van der Waals surface area contributed by atoms with Crippen molar-refractivity contribution in [3.05, 3.63) is 24.5 Å². The minimum absolute atomic E-state index is 0.0959. The maximum Gasteiger partial charge on any atom is 0.410 e. The summed E-state index contributed by atoms with van der Waals surface area (Å²) in [7, 11) is 1.87. The van der Waals surface area contributed by atoms with Crippen molar-refractivity contribution in [3.63, 3.8) is 0 Å². The van der Waals surface area contributed by atoms with Gasteiger partial charge in [0.2, 0.25) is 0 Å². The third kappa shape index (κ3) is 8.08. The molecule has 0 aromatic carbocycles. The number of hydrogen-bond donors (Lipinski definition) is 3. The Morgan fingerprint density at radius 3 is 2.56 bits per heavy atom. The van der Waals surface area contributed by atoms with Gasteiger partial charge in [0.15, 0.2) is 11.9 Å². The van der Waals surface area contributed by atoms with Gasteiger partial charge in [-0.3, -0.25) is 14.4 Å². The maximum atomic E-state index is 13.5. The number of carbonyl (C=O) groups is 2. The van der Waals surface area contributed by atoms with Gasteiger partial charge in [0, 0.05) is 31.7 Å². The molecule has 2 aromatic rings. The highest BCUT2D eigenvalue weighted by atomic mass is 16.6. The molecule has 2 fully saturated rings. The first-order chi connectivity index (χ1) is 21.3. The van der Waals surface area contributed by atoms with Crippen LogP contribution >= 0.6 is 0 Å². The Labute approximate surface area is 266 Å². The molecular formula is C31H50BN7O6. The molecule has 1 amide bonds. The summed E-state index contributed by atoms with van der Waals surface area (Å²) in [4.78, 5) is 28.4. The van der Waals surface area contributed by atoms with Crippen LogP contribution in [0.25, 0.3) is 11.4 Å². The number of aryl methyl sites for hydroxylation is 1. The third-order valence-electron chi connectivity index (χ3n) is 9.72. The molecule has 0 bridgehead atoms. The number of nitrogens with one attached hydrogen (secondary N) is 1. The van der Waals surface area contributed by atoms with E-state index in [2.05, 4.69) is 32.7 Å². The molecule has 0 radical (unpaired) electrons. The zero-order valence-corrected chi connectivity index (χ0v) is 27.7. The molecule has 14 heteroatoms. The van der Waals surface area contributed by atoms with Crippen molar-refractivity contribution < 1.29 is 29.3 Å². The number of unbranched alkanes of at least 4 members (excludes halogenated alkanes) is 1. The number of amides is 1. The van der Waals surface area contributed by atoms with Crippen LogP contribution in [0.4, 0.5) is 4.79 Å². The van der Waals surface area contributed by atoms with Gasteiger partial charge in [-0.2, -0.15) is 5.10 Å². The van der Waals surface area contributed by atoms with Gasteiger partial charge in [-0.25, -0.2) is 4.79 Å². The van der Waals surface area contributed by atoms with Gasteiger partial charge in [0.05, 0.1) is 23.8 Å². The Hall–Kier alpha value is -2.94. The van der Waals surface area contributed by atoms with Crippen LogP contribution in [0.2, 0.25) is 5.82 Å². The minimum Gasteiger partial charge on any atom is -0.438 e. The number of aromatic nitrogens is 5. The number of aliphatic hydroxyl groups is 2. The van der Waals surface area contributed by atoms with Gasteiger partial charge >= 0.3 is 6.09 Å². The van der Waals surface area contributed by atoms with Crippen LogP contribution in [0, 0.1) is 11.8 Å². The SMILES string of the molecule is B[C@@H]1CC(=O)[C@@H](C)C(O)O[C@H](CC)[C@@]2(C)OC(=O)N(CCCCn3cc(-c4cccnn4)nn3)[C@@H]2[C@@H](C)NC[C@H](C)C[C@]1(C)O. The number of fused-ring (bicyclic) bond motifs is 1. The second-order valence-electron chi connectivity index (χ2n) is 13.5. The van der Waals surface area contributed by atoms with Crippen LogP contribution in [-0.2, 0) is 20.8 Å². The molecule has 4 rings (SSSR count). The van der Waals surface area contributed by atoms with Gasteiger partial charge in [0.25, 0.3) is 0 Å². The number of rotatable bonds is 7. The fourth-order valence-electron chi connectivity index (χ4n) is 6.77. The van der Waals surface area contributed by atoms with Crippen molar-refractivity contribution in [2.24, 2.45) is 11.8 Å². The number of ether oxygens (including phenoxy) is 2. The molecule has 3 N–H and O–H groups in total. The van der Waals surface area contributed by atoms with Crippen molar-refractivity contribution in [2.75, 3.05) is 13.1 Å². The fourth-order valence-corrected chi connectivity index (χ4v) is 6.77. The highest BCUT2D eigenvalue weighted by Crippen LogP contribution is 2.39. The van der Waals surface area contributed by atoms with Crippen molar-refractivity contribution >= 4 is 19.7 Å². The number of Topliss-reactive ketones (excluding diaryl/α,β-unsaturated/α-hetero) is 1. The zero-order chi connectivity index (χ0) is 32.9. The van der Waals surface area contributed by atoms with Crippen LogP contribution in [0.1, 0.15) is 73.6 Å². The summed E-state index contributed by atoms with van der Waals surface area (Å²) in [6.45, 7) is 13.0. The number of aliphatic hydroxyl groups excluding tert-OH is 1. The molecule has 2 saturated heterocycles. The van der Waals surface area contributed by atoms with Gasteiger partial charge < -0.3 is 25.0 Å². The molecule has 248 valence electrons. The van der Waals surface area contributed by atoms with Crippen molar-refractivity contribution in [3.8, 4) is 11.4 Å². The predicted octanol–water partition coefficient (Wildman–Crippen LogP) is 1.99. The molecule has 2 aliphatic heterocycles. The van der Waals surface area contributed by atoms with Gasteiger partial charge in [-0.15, -0.1) is 10.2 Å². The smallest absolute Gasteiger partial charge is 0.410 e. The quantitative estimate of drug-likeness (QED) is 0.304.